The van der Waals surface area contributed by atoms with Gasteiger partial charge in [0.25, 0.3) is 0 Å². The molecule has 0 bridgehead atoms. The summed E-state index contributed by atoms with van der Waals surface area (Å²) in [6.07, 6.45) is 0. The number of piperazine rings is 1. The molecule has 1 fully saturated rings. The van der Waals surface area contributed by atoms with Gasteiger partial charge in [0.15, 0.2) is 0 Å². The molecule has 0 aliphatic carbocycles. The molecule has 1 aromatic carbocycles. The van der Waals surface area contributed by atoms with Crippen LogP contribution in [0.5, 0.6) is 0 Å². The molecule has 0 saturated carbocycles. The molecule has 1 aliphatic heterocycles. The number of nitrogens with two attached hydrogens (primary N) is 1. The summed E-state index contributed by atoms with van der Waals surface area (Å²) in [7, 11) is 2.18. The highest BCUT2D eigenvalue weighted by Crippen LogP contribution is 2.26. The summed E-state index contributed by atoms with van der Waals surface area (Å²) in [4.78, 5) is 4.89. The van der Waals surface area contributed by atoms with Crippen molar-refractivity contribution >= 4 is 5.69 Å². The van der Waals surface area contributed by atoms with Crippen LogP contribution in [-0.4, -0.2) is 43.7 Å². The molecule has 0 radical (unpaired) electrons. The molecule has 18 heavy (non-hydrogen) atoms. The molecule has 3 nitrogen and oxygen atoms in total. The first kappa shape index (κ1) is 13.4. The van der Waals surface area contributed by atoms with E-state index in [1.807, 2.05) is 0 Å². The Morgan fingerprint density at radius 2 is 2.00 bits per heavy atom. The van der Waals surface area contributed by atoms with Crippen LogP contribution in [0.2, 0.25) is 0 Å². The third-order valence-corrected chi connectivity index (χ3v) is 4.38. The van der Waals surface area contributed by atoms with Crippen molar-refractivity contribution in [1.29, 1.82) is 0 Å². The summed E-state index contributed by atoms with van der Waals surface area (Å²) in [5.41, 5.74) is 10.0. The van der Waals surface area contributed by atoms with Crippen LogP contribution >= 0.6 is 0 Å². The molecule has 2 N–H and O–H groups in total. The summed E-state index contributed by atoms with van der Waals surface area (Å²) in [5.74, 6) is 0. The summed E-state index contributed by atoms with van der Waals surface area (Å²) in [6, 6.07) is 7.56. The fourth-order valence-corrected chi connectivity index (χ4v) is 2.78. The molecular weight excluding hydrogens is 222 g/mol. The minimum Gasteiger partial charge on any atom is -0.368 e. The molecule has 3 heteroatoms. The Morgan fingerprint density at radius 1 is 1.28 bits per heavy atom. The van der Waals surface area contributed by atoms with Gasteiger partial charge in [0.1, 0.15) is 0 Å². The standard InChI is InChI=1S/C15H25N3/c1-11-6-5-7-15(13(11)3)18-9-12(2)17(4)14(8-16)10-18/h5-7,12,14H,8-10,16H2,1-4H3. The van der Waals surface area contributed by atoms with E-state index in [4.69, 9.17) is 5.73 Å². The van der Waals surface area contributed by atoms with Crippen LogP contribution in [0.25, 0.3) is 0 Å². The SMILES string of the molecule is Cc1cccc(N2CC(C)N(C)C(CN)C2)c1C. The number of benzene rings is 1. The number of likely N-dealkylation sites (N-methyl/N-ethyl adjacent to an activating group) is 1. The van der Waals surface area contributed by atoms with Crippen molar-refractivity contribution in [2.24, 2.45) is 5.73 Å². The molecular formula is C15H25N3. The molecule has 1 heterocycles. The van der Waals surface area contributed by atoms with Crippen LogP contribution < -0.4 is 10.6 Å². The van der Waals surface area contributed by atoms with E-state index in [-0.39, 0.29) is 0 Å². The number of hydrogen-bond donors (Lipinski definition) is 1. The third-order valence-electron chi connectivity index (χ3n) is 4.38. The maximum Gasteiger partial charge on any atom is 0.0399 e. The molecule has 0 spiro atoms. The second-order valence-corrected chi connectivity index (χ2v) is 5.53. The van der Waals surface area contributed by atoms with E-state index in [1.165, 1.54) is 16.8 Å². The van der Waals surface area contributed by atoms with E-state index in [9.17, 15) is 0 Å². The first-order chi connectivity index (χ1) is 8.54. The number of anilines is 1. The second-order valence-electron chi connectivity index (χ2n) is 5.53. The molecule has 0 aromatic heterocycles. The Bertz CT molecular complexity index is 416. The lowest BCUT2D eigenvalue weighted by Gasteiger charge is -2.45. The van der Waals surface area contributed by atoms with Gasteiger partial charge in [-0.3, -0.25) is 4.90 Å². The Hall–Kier alpha value is -1.06. The number of nitrogens with zero attached hydrogens (tertiary/aromatic N) is 2. The summed E-state index contributed by atoms with van der Waals surface area (Å²) in [6.45, 7) is 9.50. The van der Waals surface area contributed by atoms with Gasteiger partial charge in [-0.1, -0.05) is 12.1 Å². The van der Waals surface area contributed by atoms with Crippen molar-refractivity contribution in [3.8, 4) is 0 Å². The van der Waals surface area contributed by atoms with E-state index < -0.39 is 0 Å². The van der Waals surface area contributed by atoms with Crippen LogP contribution in [0.3, 0.4) is 0 Å². The summed E-state index contributed by atoms with van der Waals surface area (Å²) < 4.78 is 0. The highest BCUT2D eigenvalue weighted by atomic mass is 15.3. The normalized spacial score (nSPS) is 25.5. The smallest absolute Gasteiger partial charge is 0.0399 e. The van der Waals surface area contributed by atoms with E-state index in [0.29, 0.717) is 12.1 Å². The van der Waals surface area contributed by atoms with Gasteiger partial charge in [-0.2, -0.15) is 0 Å². The zero-order chi connectivity index (χ0) is 13.3. The maximum atomic E-state index is 5.90. The van der Waals surface area contributed by atoms with Crippen molar-refractivity contribution in [3.05, 3.63) is 29.3 Å². The lowest BCUT2D eigenvalue weighted by Crippen LogP contribution is -2.58. The highest BCUT2D eigenvalue weighted by molar-refractivity contribution is 5.56. The molecule has 1 aromatic rings. The van der Waals surface area contributed by atoms with E-state index >= 15 is 0 Å². The monoisotopic (exact) mass is 247 g/mol. The van der Waals surface area contributed by atoms with Crippen molar-refractivity contribution in [2.45, 2.75) is 32.9 Å². The van der Waals surface area contributed by atoms with Gasteiger partial charge < -0.3 is 10.6 Å². The predicted molar refractivity (Wildman–Crippen MR) is 78.2 cm³/mol. The van der Waals surface area contributed by atoms with Crippen LogP contribution in [0.4, 0.5) is 5.69 Å². The van der Waals surface area contributed by atoms with E-state index in [0.717, 1.165) is 19.6 Å². The summed E-state index contributed by atoms with van der Waals surface area (Å²) >= 11 is 0. The lowest BCUT2D eigenvalue weighted by atomic mass is 10.0. The van der Waals surface area contributed by atoms with Crippen LogP contribution in [0.15, 0.2) is 18.2 Å². The average Bonchev–Trinajstić information content (AvgIpc) is 2.36. The molecule has 0 amide bonds. The van der Waals surface area contributed by atoms with Crippen molar-refractivity contribution in [2.75, 3.05) is 31.6 Å². The number of hydrogen-bond acceptors (Lipinski definition) is 3. The van der Waals surface area contributed by atoms with Crippen molar-refractivity contribution in [1.82, 2.24) is 4.90 Å². The Balaban J connectivity index is 2.26. The highest BCUT2D eigenvalue weighted by Gasteiger charge is 2.29. The first-order valence-corrected chi connectivity index (χ1v) is 6.77. The molecule has 2 unspecified atom stereocenters. The van der Waals surface area contributed by atoms with Gasteiger partial charge >= 0.3 is 0 Å². The van der Waals surface area contributed by atoms with E-state index in [2.05, 4.69) is 55.8 Å². The Labute approximate surface area is 111 Å². The van der Waals surface area contributed by atoms with Gasteiger partial charge in [-0.05, 0) is 45.0 Å². The fourth-order valence-electron chi connectivity index (χ4n) is 2.78. The Morgan fingerprint density at radius 3 is 2.67 bits per heavy atom. The quantitative estimate of drug-likeness (QED) is 0.864. The third kappa shape index (κ3) is 2.38. The largest absolute Gasteiger partial charge is 0.368 e. The number of rotatable bonds is 2. The average molecular weight is 247 g/mol. The molecule has 2 atom stereocenters. The van der Waals surface area contributed by atoms with Crippen molar-refractivity contribution < 1.29 is 0 Å². The van der Waals surface area contributed by atoms with Gasteiger partial charge in [0.05, 0.1) is 0 Å². The van der Waals surface area contributed by atoms with Crippen LogP contribution in [0, 0.1) is 13.8 Å². The van der Waals surface area contributed by atoms with Gasteiger partial charge in [-0.25, -0.2) is 0 Å². The molecule has 100 valence electrons. The van der Waals surface area contributed by atoms with Gasteiger partial charge in [0.2, 0.25) is 0 Å². The zero-order valence-corrected chi connectivity index (χ0v) is 12.0. The number of aryl methyl sites for hydroxylation is 1. The minimum absolute atomic E-state index is 0.452. The van der Waals surface area contributed by atoms with Gasteiger partial charge in [-0.15, -0.1) is 0 Å². The maximum absolute atomic E-state index is 5.90. The second kappa shape index (κ2) is 5.29. The zero-order valence-electron chi connectivity index (χ0n) is 12.0. The lowest BCUT2D eigenvalue weighted by molar-refractivity contribution is 0.162. The van der Waals surface area contributed by atoms with Crippen molar-refractivity contribution in [3.63, 3.8) is 0 Å². The Kier molecular flexibility index (Phi) is 3.93. The molecule has 1 saturated heterocycles. The molecule has 2 rings (SSSR count). The van der Waals surface area contributed by atoms with Crippen LogP contribution in [0.1, 0.15) is 18.1 Å². The molecule has 1 aliphatic rings. The predicted octanol–water partition coefficient (Wildman–Crippen LogP) is 1.77. The summed E-state index contributed by atoms with van der Waals surface area (Å²) in [5, 5.41) is 0. The minimum atomic E-state index is 0.452. The van der Waals surface area contributed by atoms with Crippen LogP contribution in [-0.2, 0) is 0 Å². The topological polar surface area (TPSA) is 32.5 Å². The van der Waals surface area contributed by atoms with Gasteiger partial charge in [0, 0.05) is 37.4 Å². The first-order valence-electron chi connectivity index (χ1n) is 6.77. The fraction of sp³-hybridized carbons (Fsp3) is 0.600. The van der Waals surface area contributed by atoms with E-state index in [1.54, 1.807) is 0 Å².